The third kappa shape index (κ3) is 2.98. The van der Waals surface area contributed by atoms with E-state index in [2.05, 4.69) is 10.3 Å². The van der Waals surface area contributed by atoms with Crippen LogP contribution in [0.1, 0.15) is 17.3 Å². The Morgan fingerprint density at radius 2 is 1.60 bits per heavy atom. The molecule has 0 saturated carbocycles. The van der Waals surface area contributed by atoms with E-state index in [9.17, 15) is 27.2 Å². The van der Waals surface area contributed by atoms with Gasteiger partial charge in [-0.05, 0) is 31.2 Å². The van der Waals surface area contributed by atoms with Crippen LogP contribution in [0.5, 0.6) is 0 Å². The Bertz CT molecular complexity index is 1060. The van der Waals surface area contributed by atoms with Crippen molar-refractivity contribution in [1.29, 1.82) is 0 Å². The number of aromatic amines is 1. The molecule has 0 aliphatic rings. The highest BCUT2D eigenvalue weighted by Crippen LogP contribution is 2.24. The van der Waals surface area contributed by atoms with E-state index >= 15 is 0 Å². The molecular formula is C17H10F4N2O2. The van der Waals surface area contributed by atoms with Gasteiger partial charge in [-0.15, -0.1) is 0 Å². The van der Waals surface area contributed by atoms with Crippen LogP contribution in [-0.2, 0) is 0 Å². The zero-order valence-corrected chi connectivity index (χ0v) is 12.7. The summed E-state index contributed by atoms with van der Waals surface area (Å²) in [5.74, 6) is -4.73. The molecule has 8 heteroatoms. The lowest BCUT2D eigenvalue weighted by Crippen LogP contribution is -2.19. The van der Waals surface area contributed by atoms with E-state index in [1.165, 1.54) is 0 Å². The Morgan fingerprint density at radius 1 is 1.00 bits per heavy atom. The number of hydrogen-bond donors (Lipinski definition) is 2. The van der Waals surface area contributed by atoms with Gasteiger partial charge in [0.2, 0.25) is 5.43 Å². The fourth-order valence-electron chi connectivity index (χ4n) is 2.52. The maximum Gasteiger partial charge on any atom is 0.205 e. The highest BCUT2D eigenvalue weighted by Gasteiger charge is 2.20. The Hall–Kier alpha value is -3.16. The van der Waals surface area contributed by atoms with E-state index in [0.29, 0.717) is 6.07 Å². The molecule has 0 aliphatic carbocycles. The van der Waals surface area contributed by atoms with Crippen molar-refractivity contribution in [3.8, 4) is 0 Å². The Balaban J connectivity index is 2.30. The summed E-state index contributed by atoms with van der Waals surface area (Å²) < 4.78 is 54.5. The van der Waals surface area contributed by atoms with Crippen molar-refractivity contribution in [2.24, 2.45) is 0 Å². The number of rotatable bonds is 3. The van der Waals surface area contributed by atoms with E-state index in [1.54, 1.807) is 0 Å². The maximum absolute atomic E-state index is 14.0. The zero-order chi connectivity index (χ0) is 18.3. The summed E-state index contributed by atoms with van der Waals surface area (Å²) in [6.45, 7) is 1.06. The first-order valence-corrected chi connectivity index (χ1v) is 7.06. The van der Waals surface area contributed by atoms with Crippen LogP contribution in [0.15, 0.2) is 35.1 Å². The molecule has 2 aromatic carbocycles. The number of carbonyl (C=O) groups excluding carboxylic acids is 1. The molecule has 0 aliphatic heterocycles. The molecule has 1 aromatic heterocycles. The molecule has 0 spiro atoms. The summed E-state index contributed by atoms with van der Waals surface area (Å²) in [5.41, 5.74) is -2.10. The number of pyridine rings is 1. The van der Waals surface area contributed by atoms with Crippen molar-refractivity contribution >= 4 is 28.2 Å². The number of Topliss-reactive ketones (excluding diaryl/α,β-unsaturated/α-hetero) is 1. The van der Waals surface area contributed by atoms with Gasteiger partial charge in [-0.1, -0.05) is 0 Å². The molecule has 128 valence electrons. The zero-order valence-electron chi connectivity index (χ0n) is 12.7. The minimum atomic E-state index is -1.03. The van der Waals surface area contributed by atoms with Gasteiger partial charge in [-0.3, -0.25) is 9.59 Å². The molecule has 4 nitrogen and oxygen atoms in total. The molecule has 0 radical (unpaired) electrons. The van der Waals surface area contributed by atoms with Gasteiger partial charge in [-0.2, -0.15) is 0 Å². The summed E-state index contributed by atoms with van der Waals surface area (Å²) in [5, 5.41) is 1.86. The molecule has 0 fully saturated rings. The number of benzene rings is 2. The Labute approximate surface area is 138 Å². The van der Waals surface area contributed by atoms with Crippen molar-refractivity contribution in [3.05, 3.63) is 69.4 Å². The predicted molar refractivity (Wildman–Crippen MR) is 84.1 cm³/mol. The van der Waals surface area contributed by atoms with Crippen molar-refractivity contribution in [1.82, 2.24) is 4.98 Å². The average molecular weight is 350 g/mol. The van der Waals surface area contributed by atoms with Crippen LogP contribution in [-0.4, -0.2) is 10.8 Å². The molecule has 0 unspecified atom stereocenters. The van der Waals surface area contributed by atoms with E-state index in [1.807, 2.05) is 0 Å². The predicted octanol–water partition coefficient (Wildman–Crippen LogP) is 4.03. The molecule has 3 aromatic rings. The maximum atomic E-state index is 14.0. The number of fused-ring (bicyclic) bond motifs is 1. The molecule has 0 atom stereocenters. The number of anilines is 2. The van der Waals surface area contributed by atoms with Crippen molar-refractivity contribution in [2.45, 2.75) is 6.92 Å². The second-order valence-electron chi connectivity index (χ2n) is 5.32. The van der Waals surface area contributed by atoms with Crippen LogP contribution in [0.2, 0.25) is 0 Å². The summed E-state index contributed by atoms with van der Waals surface area (Å²) >= 11 is 0. The first kappa shape index (κ1) is 16.7. The highest BCUT2D eigenvalue weighted by molar-refractivity contribution is 6.02. The SMILES string of the molecule is CC(=O)c1c(Nc2cc(F)cc(F)c2)[nH]c2c(F)ccc(F)c2c1=O. The summed E-state index contributed by atoms with van der Waals surface area (Å²) in [4.78, 5) is 26.7. The molecule has 0 bridgehead atoms. The van der Waals surface area contributed by atoms with Crippen LogP contribution >= 0.6 is 0 Å². The summed E-state index contributed by atoms with van der Waals surface area (Å²) in [6, 6.07) is 4.04. The molecule has 0 saturated heterocycles. The van der Waals surface area contributed by atoms with Gasteiger partial charge < -0.3 is 10.3 Å². The fourth-order valence-corrected chi connectivity index (χ4v) is 2.52. The standard InChI is InChI=1S/C17H10F4N2O2/c1-7(24)13-16(25)14-11(20)2-3-12(21)15(14)23-17(13)22-10-5-8(18)4-9(19)6-10/h2-6H,1H3,(H2,22,23,25). The number of H-pyrrole nitrogens is 1. The third-order valence-electron chi connectivity index (χ3n) is 3.54. The van der Waals surface area contributed by atoms with E-state index in [0.717, 1.165) is 31.2 Å². The second-order valence-corrected chi connectivity index (χ2v) is 5.32. The van der Waals surface area contributed by atoms with Crippen molar-refractivity contribution in [3.63, 3.8) is 0 Å². The van der Waals surface area contributed by atoms with Crippen LogP contribution in [0, 0.1) is 23.3 Å². The molecule has 3 rings (SSSR count). The lowest BCUT2D eigenvalue weighted by atomic mass is 10.1. The largest absolute Gasteiger partial charge is 0.341 e. The highest BCUT2D eigenvalue weighted by atomic mass is 19.1. The Kier molecular flexibility index (Phi) is 4.03. The van der Waals surface area contributed by atoms with Crippen molar-refractivity contribution in [2.75, 3.05) is 5.32 Å². The lowest BCUT2D eigenvalue weighted by Gasteiger charge is -2.13. The first-order chi connectivity index (χ1) is 11.8. The molecular weight excluding hydrogens is 340 g/mol. The van der Waals surface area contributed by atoms with E-state index < -0.39 is 50.9 Å². The van der Waals surface area contributed by atoms with Gasteiger partial charge in [0.05, 0.1) is 10.9 Å². The van der Waals surface area contributed by atoms with E-state index in [-0.39, 0.29) is 11.5 Å². The van der Waals surface area contributed by atoms with Crippen LogP contribution in [0.25, 0.3) is 10.9 Å². The quantitative estimate of drug-likeness (QED) is 0.554. The fraction of sp³-hybridized carbons (Fsp3) is 0.0588. The lowest BCUT2D eigenvalue weighted by molar-refractivity contribution is 0.101. The molecule has 25 heavy (non-hydrogen) atoms. The molecule has 0 amide bonds. The average Bonchev–Trinajstić information content (AvgIpc) is 2.49. The first-order valence-electron chi connectivity index (χ1n) is 7.06. The van der Waals surface area contributed by atoms with Gasteiger partial charge in [0, 0.05) is 11.8 Å². The number of ketones is 1. The van der Waals surface area contributed by atoms with E-state index in [4.69, 9.17) is 0 Å². The van der Waals surface area contributed by atoms with Crippen LogP contribution in [0.3, 0.4) is 0 Å². The minimum Gasteiger partial charge on any atom is -0.341 e. The normalized spacial score (nSPS) is 10.9. The van der Waals surface area contributed by atoms with Crippen LogP contribution in [0.4, 0.5) is 29.1 Å². The van der Waals surface area contributed by atoms with Crippen LogP contribution < -0.4 is 10.7 Å². The second kappa shape index (κ2) is 6.04. The Morgan fingerprint density at radius 3 is 2.20 bits per heavy atom. The van der Waals surface area contributed by atoms with Gasteiger partial charge in [-0.25, -0.2) is 17.6 Å². The number of nitrogens with one attached hydrogen (secondary N) is 2. The van der Waals surface area contributed by atoms with Gasteiger partial charge in [0.1, 0.15) is 34.7 Å². The van der Waals surface area contributed by atoms with Gasteiger partial charge in [0.15, 0.2) is 5.78 Å². The number of aromatic nitrogens is 1. The number of halogens is 4. The number of carbonyl (C=O) groups is 1. The molecule has 1 heterocycles. The molecule has 2 N–H and O–H groups in total. The van der Waals surface area contributed by atoms with Gasteiger partial charge in [0.25, 0.3) is 0 Å². The smallest absolute Gasteiger partial charge is 0.205 e. The monoisotopic (exact) mass is 350 g/mol. The topological polar surface area (TPSA) is 62.0 Å². The number of hydrogen-bond acceptors (Lipinski definition) is 3. The third-order valence-corrected chi connectivity index (χ3v) is 3.54. The minimum absolute atomic E-state index is 0.119. The summed E-state index contributed by atoms with van der Waals surface area (Å²) in [6.07, 6.45) is 0. The van der Waals surface area contributed by atoms with Crippen molar-refractivity contribution < 1.29 is 22.4 Å². The summed E-state index contributed by atoms with van der Waals surface area (Å²) in [7, 11) is 0. The van der Waals surface area contributed by atoms with Gasteiger partial charge >= 0.3 is 0 Å².